The Hall–Kier alpha value is -3.08. The molecule has 1 aromatic heterocycles. The number of carbonyl (C=O) groups excluding carboxylic acids is 2. The van der Waals surface area contributed by atoms with E-state index in [1.54, 1.807) is 13.1 Å². The van der Waals surface area contributed by atoms with E-state index < -0.39 is 0 Å². The van der Waals surface area contributed by atoms with Crippen molar-refractivity contribution in [2.75, 3.05) is 18.9 Å². The minimum absolute atomic E-state index is 0.0126. The van der Waals surface area contributed by atoms with Crippen LogP contribution in [0.2, 0.25) is 0 Å². The van der Waals surface area contributed by atoms with Crippen LogP contribution in [0.3, 0.4) is 0 Å². The number of nitrogens with zero attached hydrogens (tertiary/aromatic N) is 1. The molecule has 2 N–H and O–H groups in total. The van der Waals surface area contributed by atoms with E-state index in [2.05, 4.69) is 10.3 Å². The van der Waals surface area contributed by atoms with Gasteiger partial charge in [0.05, 0.1) is 17.6 Å². The second kappa shape index (κ2) is 7.27. The molecule has 1 heterocycles. The number of aryl methyl sites for hydroxylation is 3. The first kappa shape index (κ1) is 18.7. The number of nitrogens with one attached hydrogen (secondary N) is 2. The van der Waals surface area contributed by atoms with Gasteiger partial charge in [-0.2, -0.15) is 0 Å². The zero-order chi connectivity index (χ0) is 19.7. The highest BCUT2D eigenvalue weighted by Crippen LogP contribution is 2.25. The van der Waals surface area contributed by atoms with Crippen molar-refractivity contribution in [1.29, 1.82) is 0 Å². The average molecular weight is 363 g/mol. The van der Waals surface area contributed by atoms with Gasteiger partial charge in [0, 0.05) is 23.8 Å². The number of fused-ring (bicyclic) bond motifs is 1. The molecule has 3 rings (SSSR count). The molecule has 0 radical (unpaired) electrons. The zero-order valence-corrected chi connectivity index (χ0v) is 16.4. The fraction of sp³-hybridized carbons (Fsp3) is 0.273. The lowest BCUT2D eigenvalue weighted by atomic mass is 10.1. The van der Waals surface area contributed by atoms with Gasteiger partial charge < -0.3 is 15.2 Å². The van der Waals surface area contributed by atoms with Crippen molar-refractivity contribution >= 4 is 28.4 Å². The SMILES string of the molecule is Cc1cccc(NC(=O)CN(C)C(=O)c2cccc3c(C)c(C)[nH]c23)c1C. The van der Waals surface area contributed by atoms with Gasteiger partial charge in [-0.1, -0.05) is 24.3 Å². The Kier molecular flexibility index (Phi) is 5.04. The van der Waals surface area contributed by atoms with Crippen LogP contribution in [0.1, 0.15) is 32.7 Å². The van der Waals surface area contributed by atoms with Gasteiger partial charge in [0.1, 0.15) is 0 Å². The lowest BCUT2D eigenvalue weighted by molar-refractivity contribution is -0.116. The first-order chi connectivity index (χ1) is 12.8. The van der Waals surface area contributed by atoms with E-state index in [9.17, 15) is 9.59 Å². The van der Waals surface area contributed by atoms with Crippen LogP contribution < -0.4 is 5.32 Å². The van der Waals surface area contributed by atoms with E-state index in [1.165, 1.54) is 4.90 Å². The molecular weight excluding hydrogens is 338 g/mol. The fourth-order valence-corrected chi connectivity index (χ4v) is 3.23. The molecule has 0 unspecified atom stereocenters. The monoisotopic (exact) mass is 363 g/mol. The van der Waals surface area contributed by atoms with E-state index in [-0.39, 0.29) is 18.4 Å². The van der Waals surface area contributed by atoms with Gasteiger partial charge in [0.25, 0.3) is 5.91 Å². The number of amides is 2. The van der Waals surface area contributed by atoms with Crippen molar-refractivity contribution in [3.05, 3.63) is 64.3 Å². The predicted octanol–water partition coefficient (Wildman–Crippen LogP) is 4.11. The first-order valence-electron chi connectivity index (χ1n) is 8.99. The number of aromatic amines is 1. The molecule has 0 saturated heterocycles. The maximum absolute atomic E-state index is 12.9. The number of likely N-dealkylation sites (N-methyl/N-ethyl adjacent to an activating group) is 1. The number of carbonyl (C=O) groups is 2. The van der Waals surface area contributed by atoms with Gasteiger partial charge in [0.2, 0.25) is 5.91 Å². The van der Waals surface area contributed by atoms with Gasteiger partial charge >= 0.3 is 0 Å². The molecular formula is C22H25N3O2. The Morgan fingerprint density at radius 1 is 1.00 bits per heavy atom. The molecule has 0 aliphatic rings. The van der Waals surface area contributed by atoms with Gasteiger partial charge in [-0.15, -0.1) is 0 Å². The highest BCUT2D eigenvalue weighted by molar-refractivity contribution is 6.08. The van der Waals surface area contributed by atoms with Crippen molar-refractivity contribution in [2.45, 2.75) is 27.7 Å². The quantitative estimate of drug-likeness (QED) is 0.732. The predicted molar refractivity (Wildman–Crippen MR) is 109 cm³/mol. The van der Waals surface area contributed by atoms with Gasteiger partial charge in [-0.25, -0.2) is 0 Å². The van der Waals surface area contributed by atoms with E-state index in [0.29, 0.717) is 5.56 Å². The molecule has 0 fully saturated rings. The average Bonchev–Trinajstić information content (AvgIpc) is 2.92. The standard InChI is InChI=1S/C22H25N3O2/c1-13-8-6-11-19(14(13)2)24-20(26)12-25(5)22(27)18-10-7-9-17-15(3)16(4)23-21(17)18/h6-11,23H,12H2,1-5H3,(H,24,26). The number of anilines is 1. The summed E-state index contributed by atoms with van der Waals surface area (Å²) < 4.78 is 0. The third kappa shape index (κ3) is 3.58. The Bertz CT molecular complexity index is 1030. The maximum Gasteiger partial charge on any atom is 0.256 e. The van der Waals surface area contributed by atoms with E-state index in [1.807, 2.05) is 58.0 Å². The van der Waals surface area contributed by atoms with Gasteiger partial charge in [0.15, 0.2) is 0 Å². The van der Waals surface area contributed by atoms with Crippen LogP contribution in [-0.4, -0.2) is 35.3 Å². The van der Waals surface area contributed by atoms with Crippen molar-refractivity contribution in [2.24, 2.45) is 0 Å². The molecule has 0 spiro atoms. The summed E-state index contributed by atoms with van der Waals surface area (Å²) in [4.78, 5) is 30.1. The minimum Gasteiger partial charge on any atom is -0.358 e. The first-order valence-corrected chi connectivity index (χ1v) is 8.99. The van der Waals surface area contributed by atoms with Gasteiger partial charge in [-0.05, 0) is 56.5 Å². The summed E-state index contributed by atoms with van der Waals surface area (Å²) in [5.41, 5.74) is 6.49. The second-order valence-corrected chi connectivity index (χ2v) is 7.06. The molecule has 5 nitrogen and oxygen atoms in total. The molecule has 140 valence electrons. The largest absolute Gasteiger partial charge is 0.358 e. The van der Waals surface area contributed by atoms with E-state index in [4.69, 9.17) is 0 Å². The maximum atomic E-state index is 12.9. The molecule has 2 aromatic carbocycles. The number of aromatic nitrogens is 1. The third-order valence-electron chi connectivity index (χ3n) is 5.18. The number of para-hydroxylation sites is 1. The van der Waals surface area contributed by atoms with E-state index in [0.717, 1.165) is 39.0 Å². The Balaban J connectivity index is 1.77. The van der Waals surface area contributed by atoms with Crippen LogP contribution in [0.4, 0.5) is 5.69 Å². The summed E-state index contributed by atoms with van der Waals surface area (Å²) in [6, 6.07) is 11.4. The molecule has 0 aliphatic heterocycles. The van der Waals surface area contributed by atoms with Crippen LogP contribution in [0.5, 0.6) is 0 Å². The summed E-state index contributed by atoms with van der Waals surface area (Å²) in [5, 5.41) is 3.93. The van der Waals surface area contributed by atoms with Crippen LogP contribution in [0.25, 0.3) is 10.9 Å². The zero-order valence-electron chi connectivity index (χ0n) is 16.4. The summed E-state index contributed by atoms with van der Waals surface area (Å²) in [7, 11) is 1.65. The molecule has 0 bridgehead atoms. The number of hydrogen-bond donors (Lipinski definition) is 2. The van der Waals surface area contributed by atoms with E-state index >= 15 is 0 Å². The van der Waals surface area contributed by atoms with Crippen molar-refractivity contribution in [3.63, 3.8) is 0 Å². The third-order valence-corrected chi connectivity index (χ3v) is 5.18. The summed E-state index contributed by atoms with van der Waals surface area (Å²) in [6.45, 7) is 7.98. The lowest BCUT2D eigenvalue weighted by Crippen LogP contribution is -2.35. The van der Waals surface area contributed by atoms with Crippen LogP contribution in [0.15, 0.2) is 36.4 Å². The van der Waals surface area contributed by atoms with Crippen molar-refractivity contribution in [3.8, 4) is 0 Å². The normalized spacial score (nSPS) is 10.9. The number of H-pyrrole nitrogens is 1. The topological polar surface area (TPSA) is 65.2 Å². The molecule has 0 aliphatic carbocycles. The Morgan fingerprint density at radius 3 is 2.44 bits per heavy atom. The summed E-state index contributed by atoms with van der Waals surface area (Å²) in [6.07, 6.45) is 0. The molecule has 3 aromatic rings. The molecule has 0 atom stereocenters. The van der Waals surface area contributed by atoms with Crippen molar-refractivity contribution < 1.29 is 9.59 Å². The van der Waals surface area contributed by atoms with Crippen LogP contribution in [0, 0.1) is 27.7 Å². The summed E-state index contributed by atoms with van der Waals surface area (Å²) in [5.74, 6) is -0.400. The molecule has 27 heavy (non-hydrogen) atoms. The number of benzene rings is 2. The second-order valence-electron chi connectivity index (χ2n) is 7.06. The van der Waals surface area contributed by atoms with Crippen LogP contribution >= 0.6 is 0 Å². The number of rotatable bonds is 4. The number of hydrogen-bond acceptors (Lipinski definition) is 2. The minimum atomic E-state index is -0.217. The van der Waals surface area contributed by atoms with Crippen LogP contribution in [-0.2, 0) is 4.79 Å². The Morgan fingerprint density at radius 2 is 1.70 bits per heavy atom. The molecule has 2 amide bonds. The van der Waals surface area contributed by atoms with Gasteiger partial charge in [-0.3, -0.25) is 9.59 Å². The molecule has 0 saturated carbocycles. The van der Waals surface area contributed by atoms with Crippen molar-refractivity contribution in [1.82, 2.24) is 9.88 Å². The fourth-order valence-electron chi connectivity index (χ4n) is 3.23. The highest BCUT2D eigenvalue weighted by atomic mass is 16.2. The molecule has 5 heteroatoms. The summed E-state index contributed by atoms with van der Waals surface area (Å²) >= 11 is 0. The lowest BCUT2D eigenvalue weighted by Gasteiger charge is -2.18. The smallest absolute Gasteiger partial charge is 0.256 e. The Labute approximate surface area is 159 Å². The highest BCUT2D eigenvalue weighted by Gasteiger charge is 2.19.